The van der Waals surface area contributed by atoms with E-state index in [-0.39, 0.29) is 12.1 Å². The van der Waals surface area contributed by atoms with Crippen molar-refractivity contribution in [2.75, 3.05) is 32.8 Å². The van der Waals surface area contributed by atoms with E-state index in [1.165, 1.54) is 0 Å². The summed E-state index contributed by atoms with van der Waals surface area (Å²) in [4.78, 5) is 2.26. The normalized spacial score (nSPS) is 25.6. The third-order valence-electron chi connectivity index (χ3n) is 3.95. The van der Waals surface area contributed by atoms with Crippen LogP contribution in [0, 0.1) is 5.92 Å². The molecule has 1 saturated heterocycles. The van der Waals surface area contributed by atoms with E-state index >= 15 is 0 Å². The van der Waals surface area contributed by atoms with Gasteiger partial charge >= 0.3 is 6.18 Å². The molecule has 0 bridgehead atoms. The maximum Gasteiger partial charge on any atom is 0.411 e. The van der Waals surface area contributed by atoms with Crippen LogP contribution < -0.4 is 5.32 Å². The van der Waals surface area contributed by atoms with Crippen LogP contribution in [0.3, 0.4) is 0 Å². The molecule has 1 rings (SSSR count). The van der Waals surface area contributed by atoms with Gasteiger partial charge in [0.1, 0.15) is 6.61 Å². The quantitative estimate of drug-likeness (QED) is 0.763. The topological polar surface area (TPSA) is 24.5 Å². The lowest BCUT2D eigenvalue weighted by Crippen LogP contribution is -2.63. The molecule has 0 radical (unpaired) electrons. The summed E-state index contributed by atoms with van der Waals surface area (Å²) in [5.74, 6) is 0.515. The van der Waals surface area contributed by atoms with Gasteiger partial charge in [-0.05, 0) is 19.8 Å². The highest BCUT2D eigenvalue weighted by molar-refractivity contribution is 4.93. The zero-order valence-corrected chi connectivity index (χ0v) is 12.9. The lowest BCUT2D eigenvalue weighted by Gasteiger charge is -2.46. The van der Waals surface area contributed by atoms with Crippen LogP contribution in [-0.4, -0.2) is 55.5 Å². The molecule has 0 aromatic rings. The Morgan fingerprint density at radius 2 is 2.05 bits per heavy atom. The van der Waals surface area contributed by atoms with Gasteiger partial charge in [0.05, 0.1) is 6.61 Å². The number of nitrogens with one attached hydrogen (secondary N) is 1. The minimum absolute atomic E-state index is 0.00596. The minimum atomic E-state index is -4.24. The minimum Gasteiger partial charge on any atom is -0.371 e. The molecule has 1 fully saturated rings. The molecule has 6 heteroatoms. The fourth-order valence-electron chi connectivity index (χ4n) is 2.64. The summed E-state index contributed by atoms with van der Waals surface area (Å²) in [6, 6.07) is 0.363. The van der Waals surface area contributed by atoms with Crippen molar-refractivity contribution in [3.63, 3.8) is 0 Å². The predicted molar refractivity (Wildman–Crippen MR) is 73.8 cm³/mol. The number of ether oxygens (including phenoxy) is 1. The molecule has 0 aliphatic carbocycles. The van der Waals surface area contributed by atoms with Crippen molar-refractivity contribution in [3.8, 4) is 0 Å². The van der Waals surface area contributed by atoms with Gasteiger partial charge in [-0.25, -0.2) is 0 Å². The van der Waals surface area contributed by atoms with Crippen LogP contribution in [0.4, 0.5) is 13.2 Å². The van der Waals surface area contributed by atoms with E-state index < -0.39 is 12.8 Å². The zero-order valence-electron chi connectivity index (χ0n) is 12.9. The number of halogens is 3. The fourth-order valence-corrected chi connectivity index (χ4v) is 2.64. The number of nitrogens with zero attached hydrogens (tertiary/aromatic N) is 1. The van der Waals surface area contributed by atoms with Crippen molar-refractivity contribution in [1.82, 2.24) is 10.2 Å². The standard InChI is InChI=1S/C14H27F3N2O/c1-5-11(2)12-8-18-13(3,4)9-19(12)6-7-20-10-14(15,16)17/h11-12,18H,5-10H2,1-4H3. The number of alkyl halides is 3. The molecule has 0 spiro atoms. The third-order valence-corrected chi connectivity index (χ3v) is 3.95. The van der Waals surface area contributed by atoms with Crippen molar-refractivity contribution in [2.45, 2.75) is 51.9 Å². The highest BCUT2D eigenvalue weighted by Gasteiger charge is 2.34. The Hall–Kier alpha value is -0.330. The molecule has 1 aliphatic rings. The highest BCUT2D eigenvalue weighted by atomic mass is 19.4. The van der Waals surface area contributed by atoms with Gasteiger partial charge in [0.2, 0.25) is 0 Å². The van der Waals surface area contributed by atoms with Gasteiger partial charge in [-0.3, -0.25) is 4.90 Å². The Morgan fingerprint density at radius 3 is 2.60 bits per heavy atom. The monoisotopic (exact) mass is 296 g/mol. The average Bonchev–Trinajstić information content (AvgIpc) is 2.32. The van der Waals surface area contributed by atoms with Gasteiger partial charge in [0.25, 0.3) is 0 Å². The van der Waals surface area contributed by atoms with Crippen molar-refractivity contribution < 1.29 is 17.9 Å². The van der Waals surface area contributed by atoms with Crippen LogP contribution in [0.25, 0.3) is 0 Å². The second kappa shape index (κ2) is 7.09. The molecule has 2 unspecified atom stereocenters. The molecule has 1 heterocycles. The van der Waals surface area contributed by atoms with Crippen LogP contribution >= 0.6 is 0 Å². The molecular weight excluding hydrogens is 269 g/mol. The van der Waals surface area contributed by atoms with E-state index in [0.29, 0.717) is 18.5 Å². The molecule has 1 N–H and O–H groups in total. The van der Waals surface area contributed by atoms with E-state index in [1.807, 2.05) is 0 Å². The summed E-state index contributed by atoms with van der Waals surface area (Å²) in [6.45, 7) is 9.79. The van der Waals surface area contributed by atoms with Gasteiger partial charge in [-0.15, -0.1) is 0 Å². The summed E-state index contributed by atoms with van der Waals surface area (Å²) >= 11 is 0. The van der Waals surface area contributed by atoms with Crippen LogP contribution in [0.2, 0.25) is 0 Å². The van der Waals surface area contributed by atoms with Crippen molar-refractivity contribution in [1.29, 1.82) is 0 Å². The molecule has 20 heavy (non-hydrogen) atoms. The molecule has 0 saturated carbocycles. The van der Waals surface area contributed by atoms with Gasteiger partial charge in [0, 0.05) is 31.2 Å². The second-order valence-electron chi connectivity index (χ2n) is 6.36. The second-order valence-corrected chi connectivity index (χ2v) is 6.36. The van der Waals surface area contributed by atoms with E-state index in [4.69, 9.17) is 4.74 Å². The number of piperazine rings is 1. The van der Waals surface area contributed by atoms with E-state index in [2.05, 4.69) is 37.9 Å². The third kappa shape index (κ3) is 5.97. The maximum absolute atomic E-state index is 12.1. The number of hydrogen-bond donors (Lipinski definition) is 1. The zero-order chi connectivity index (χ0) is 15.4. The Morgan fingerprint density at radius 1 is 1.40 bits per heavy atom. The smallest absolute Gasteiger partial charge is 0.371 e. The van der Waals surface area contributed by atoms with Crippen LogP contribution in [-0.2, 0) is 4.74 Å². The predicted octanol–water partition coefficient (Wildman–Crippen LogP) is 2.66. The van der Waals surface area contributed by atoms with Crippen LogP contribution in [0.1, 0.15) is 34.1 Å². The molecule has 0 amide bonds. The average molecular weight is 296 g/mol. The Kier molecular flexibility index (Phi) is 6.28. The summed E-state index contributed by atoms with van der Waals surface area (Å²) in [5, 5.41) is 3.51. The van der Waals surface area contributed by atoms with E-state index in [0.717, 1.165) is 19.5 Å². The largest absolute Gasteiger partial charge is 0.411 e. The summed E-state index contributed by atoms with van der Waals surface area (Å²) in [6.07, 6.45) is -3.18. The number of rotatable bonds is 6. The molecule has 3 nitrogen and oxygen atoms in total. The van der Waals surface area contributed by atoms with Gasteiger partial charge < -0.3 is 10.1 Å². The first kappa shape index (κ1) is 17.7. The Labute approximate surface area is 119 Å². The molecule has 1 aliphatic heterocycles. The highest BCUT2D eigenvalue weighted by Crippen LogP contribution is 2.22. The maximum atomic E-state index is 12.1. The molecular formula is C14H27F3N2O. The summed E-state index contributed by atoms with van der Waals surface area (Å²) in [7, 11) is 0. The Bertz CT molecular complexity index is 295. The lowest BCUT2D eigenvalue weighted by atomic mass is 9.91. The van der Waals surface area contributed by atoms with Gasteiger partial charge in [0.15, 0.2) is 0 Å². The Balaban J connectivity index is 2.48. The molecule has 2 atom stereocenters. The molecule has 0 aromatic heterocycles. The van der Waals surface area contributed by atoms with Crippen molar-refractivity contribution in [3.05, 3.63) is 0 Å². The fraction of sp³-hybridized carbons (Fsp3) is 1.00. The van der Waals surface area contributed by atoms with Crippen molar-refractivity contribution in [2.24, 2.45) is 5.92 Å². The van der Waals surface area contributed by atoms with Crippen LogP contribution in [0.5, 0.6) is 0 Å². The first-order chi connectivity index (χ1) is 9.14. The first-order valence-corrected chi connectivity index (χ1v) is 7.28. The lowest BCUT2D eigenvalue weighted by molar-refractivity contribution is -0.175. The van der Waals surface area contributed by atoms with Crippen molar-refractivity contribution >= 4 is 0 Å². The van der Waals surface area contributed by atoms with Crippen LogP contribution in [0.15, 0.2) is 0 Å². The first-order valence-electron chi connectivity index (χ1n) is 7.28. The SMILES string of the molecule is CCC(C)C1CNC(C)(C)CN1CCOCC(F)(F)F. The summed E-state index contributed by atoms with van der Waals surface area (Å²) in [5.41, 5.74) is -0.00596. The van der Waals surface area contributed by atoms with E-state index in [1.54, 1.807) is 0 Å². The van der Waals surface area contributed by atoms with Gasteiger partial charge in [-0.1, -0.05) is 20.3 Å². The molecule has 0 aromatic carbocycles. The number of hydrogen-bond acceptors (Lipinski definition) is 3. The van der Waals surface area contributed by atoms with E-state index in [9.17, 15) is 13.2 Å². The summed E-state index contributed by atoms with van der Waals surface area (Å²) < 4.78 is 40.9. The molecule has 120 valence electrons. The van der Waals surface area contributed by atoms with Gasteiger partial charge in [-0.2, -0.15) is 13.2 Å².